The predicted octanol–water partition coefficient (Wildman–Crippen LogP) is 30.7. The molecule has 125 heavy (non-hydrogen) atoms. The van der Waals surface area contributed by atoms with Gasteiger partial charge in [-0.25, -0.2) is 0 Å². The van der Waals surface area contributed by atoms with Crippen LogP contribution in [0.25, 0.3) is 193 Å². The van der Waals surface area contributed by atoms with Crippen LogP contribution in [0.15, 0.2) is 437 Å². The Hall–Kier alpha value is -14.2. The molecule has 0 radical (unpaired) electrons. The number of aromatic nitrogens is 3. The van der Waals surface area contributed by atoms with E-state index < -0.39 is 21.4 Å². The molecule has 0 aliphatic rings. The molecule has 22 aromatic rings. The minimum absolute atomic E-state index is 0.905. The van der Waals surface area contributed by atoms with Gasteiger partial charge in [-0.05, 0) is 278 Å². The van der Waals surface area contributed by atoms with Gasteiger partial charge in [0.1, 0.15) is 21.4 Å². The lowest BCUT2D eigenvalue weighted by molar-refractivity contribution is 0.587. The summed E-state index contributed by atoms with van der Waals surface area (Å²) in [6.07, 6.45) is 0. The van der Waals surface area contributed by atoms with Gasteiger partial charge in [-0.15, -0.1) is 0 Å². The predicted molar refractivity (Wildman–Crippen MR) is 538 cm³/mol. The van der Waals surface area contributed by atoms with Gasteiger partial charge in [0.25, 0.3) is 0 Å². The van der Waals surface area contributed by atoms with Gasteiger partial charge in [-0.2, -0.15) is 0 Å². The Labute approximate surface area is 729 Å². The lowest BCUT2D eigenvalue weighted by Crippen LogP contribution is -2.02. The zero-order chi connectivity index (χ0) is 85.1. The Morgan fingerprint density at radius 1 is 0.160 bits per heavy atom. The Morgan fingerprint density at radius 3 is 0.800 bits per heavy atom. The summed E-state index contributed by atoms with van der Waals surface area (Å²) in [5.41, 5.74) is 29.1. The van der Waals surface area contributed by atoms with E-state index in [1.807, 2.05) is 88.5 Å². The average molecular weight is 1670 g/mol. The molecule has 602 valence electrons. The van der Waals surface area contributed by atoms with Gasteiger partial charge in [-0.3, -0.25) is 0 Å². The van der Waals surface area contributed by atoms with Crippen molar-refractivity contribution in [2.75, 3.05) is 40.0 Å². The van der Waals surface area contributed by atoms with Crippen molar-refractivity contribution in [3.05, 3.63) is 437 Å². The van der Waals surface area contributed by atoms with Crippen LogP contribution in [0.5, 0.6) is 0 Å². The molecule has 22 rings (SSSR count). The van der Waals surface area contributed by atoms with E-state index in [0.717, 1.165) is 71.9 Å². The molecule has 0 saturated heterocycles. The van der Waals surface area contributed by atoms with Crippen molar-refractivity contribution in [1.29, 1.82) is 0 Å². The highest BCUT2D eigenvalue weighted by molar-refractivity contribution is 7.70. The fourth-order valence-corrected chi connectivity index (χ4v) is 20.7. The first-order valence-electron chi connectivity index (χ1n) is 42.5. The Morgan fingerprint density at radius 2 is 0.416 bits per heavy atom. The van der Waals surface area contributed by atoms with Crippen LogP contribution in [0.3, 0.4) is 0 Å². The van der Waals surface area contributed by atoms with Crippen LogP contribution in [0.4, 0.5) is 0 Å². The molecule has 3 heterocycles. The quantitative estimate of drug-likeness (QED) is 0.0805. The molecule has 0 spiro atoms. The van der Waals surface area contributed by atoms with Crippen molar-refractivity contribution in [2.45, 2.75) is 0 Å². The Balaban J connectivity index is 0.000000119. The Bertz CT molecular complexity index is 8040. The summed E-state index contributed by atoms with van der Waals surface area (Å²) < 4.78 is 45.6. The van der Waals surface area contributed by atoms with Crippen molar-refractivity contribution >= 4 is 124 Å². The molecule has 0 fully saturated rings. The fourth-order valence-electron chi connectivity index (χ4n) is 18.0. The first-order chi connectivity index (χ1) is 60.9. The van der Waals surface area contributed by atoms with Gasteiger partial charge in [0, 0.05) is 65.3 Å². The van der Waals surface area contributed by atoms with Crippen LogP contribution in [0.1, 0.15) is 0 Å². The van der Waals surface area contributed by atoms with Gasteiger partial charge in [0.2, 0.25) is 0 Å². The second kappa shape index (κ2) is 32.9. The maximum absolute atomic E-state index is 12.8. The lowest BCUT2D eigenvalue weighted by atomic mass is 9.93. The summed E-state index contributed by atoms with van der Waals surface area (Å²) in [5, 5.41) is 15.0. The summed E-state index contributed by atoms with van der Waals surface area (Å²) in [7, 11) is -7.08. The number of benzene rings is 19. The molecule has 6 nitrogen and oxygen atoms in total. The zero-order valence-corrected chi connectivity index (χ0v) is 73.2. The summed E-state index contributed by atoms with van der Waals surface area (Å²) in [5.74, 6) is 0. The van der Waals surface area contributed by atoms with Crippen molar-refractivity contribution in [1.82, 2.24) is 13.7 Å². The highest BCUT2D eigenvalue weighted by atomic mass is 31.2. The number of fused-ring (bicyclic) bond motifs is 12. The molecular formula is C116H90N3O3P3. The van der Waals surface area contributed by atoms with E-state index in [9.17, 15) is 13.7 Å². The zero-order valence-electron chi connectivity index (χ0n) is 70.5. The minimum Gasteiger partial charge on any atom is -0.319 e. The summed E-state index contributed by atoms with van der Waals surface area (Å²) in [6.45, 7) is 11.0. The molecule has 0 aliphatic heterocycles. The van der Waals surface area contributed by atoms with E-state index >= 15 is 0 Å². The first kappa shape index (κ1) is 79.3. The van der Waals surface area contributed by atoms with Crippen molar-refractivity contribution in [3.8, 4) is 106 Å². The standard InChI is InChI=1S/C40H30NOP.2C38H30NOP/c1-43(2,42)32-15-10-12-27(23-32)28-20-22-39-38(24-28)36-21-19-30(26-40(36)41(39)31-13-4-3-5-14-31)37-25-29-11-6-7-16-33(29)34-17-8-9-18-35(34)37;1-41(2,40)34-15-9-12-30(24-34)32-21-23-38-36(26-32)35-25-31(20-22-37(35)39(38)33-13-7-4-8-14-33)29-18-16-28(17-19-29)27-10-5-3-6-11-27;1-41(2,40)34-15-9-14-30(24-34)32-19-23-38-36(26-32)35-25-31(28-12-7-4-8-13-28)18-22-37(35)39(38)33-20-16-29(17-21-33)27-10-5-3-6-11-27/h3-26H,1-2H3;2*3-26H,1-2H3. The monoisotopic (exact) mass is 1670 g/mol. The van der Waals surface area contributed by atoms with Gasteiger partial charge in [-0.1, -0.05) is 309 Å². The molecule has 9 heteroatoms. The molecule has 0 saturated carbocycles. The SMILES string of the molecule is CP(C)(=O)c1cccc(-c2ccc3c(c2)c2cc(-c4ccc(-c5ccccc5)cc4)ccc2n3-c2ccccc2)c1.CP(C)(=O)c1cccc(-c2ccc3c(c2)c2cc(-c4ccccc4)ccc2n3-c2ccc(-c3ccccc3)cc2)c1.CP(C)(=O)c1cccc(-c2ccc3c(c2)c2ccc(-c4cc5ccccc5c5ccccc45)cc2n3-c2ccccc2)c1. The number of para-hydroxylation sites is 2. The topological polar surface area (TPSA) is 66.0 Å². The van der Waals surface area contributed by atoms with Gasteiger partial charge >= 0.3 is 0 Å². The molecule has 0 atom stereocenters. The van der Waals surface area contributed by atoms with Crippen molar-refractivity contribution in [2.24, 2.45) is 0 Å². The smallest absolute Gasteiger partial charge is 0.109 e. The number of nitrogens with zero attached hydrogens (tertiary/aromatic N) is 3. The van der Waals surface area contributed by atoms with E-state index in [-0.39, 0.29) is 0 Å². The highest BCUT2D eigenvalue weighted by Crippen LogP contribution is 2.46. The van der Waals surface area contributed by atoms with Gasteiger partial charge < -0.3 is 27.4 Å². The second-order valence-corrected chi connectivity index (χ2v) is 43.3. The average Bonchev–Trinajstić information content (AvgIpc) is 1.64. The van der Waals surface area contributed by atoms with Gasteiger partial charge in [0.05, 0.1) is 33.1 Å². The third-order valence-electron chi connectivity index (χ3n) is 24.5. The third-order valence-corrected chi connectivity index (χ3v) is 29.0. The molecule has 0 aliphatic carbocycles. The fraction of sp³-hybridized carbons (Fsp3) is 0.0517. The number of hydrogen-bond donors (Lipinski definition) is 0. The van der Waals surface area contributed by atoms with Crippen LogP contribution >= 0.6 is 21.4 Å². The molecule has 3 aromatic heterocycles. The van der Waals surface area contributed by atoms with E-state index in [1.54, 1.807) is 0 Å². The maximum atomic E-state index is 12.8. The molecular weight excluding hydrogens is 1580 g/mol. The van der Waals surface area contributed by atoms with E-state index in [1.165, 1.54) is 137 Å². The van der Waals surface area contributed by atoms with Crippen LogP contribution < -0.4 is 15.9 Å². The van der Waals surface area contributed by atoms with Crippen LogP contribution in [-0.2, 0) is 13.7 Å². The van der Waals surface area contributed by atoms with Crippen molar-refractivity contribution in [3.63, 3.8) is 0 Å². The molecule has 0 bridgehead atoms. The van der Waals surface area contributed by atoms with Crippen LogP contribution in [0, 0.1) is 0 Å². The van der Waals surface area contributed by atoms with E-state index in [0.29, 0.717) is 0 Å². The second-order valence-electron chi connectivity index (χ2n) is 33.7. The molecule has 0 amide bonds. The van der Waals surface area contributed by atoms with Gasteiger partial charge in [0.15, 0.2) is 0 Å². The van der Waals surface area contributed by atoms with Crippen molar-refractivity contribution < 1.29 is 13.7 Å². The Kier molecular flexibility index (Phi) is 20.9. The van der Waals surface area contributed by atoms with E-state index in [2.05, 4.69) is 402 Å². The first-order valence-corrected chi connectivity index (χ1v) is 50.3. The summed E-state index contributed by atoms with van der Waals surface area (Å²) >= 11 is 0. The molecule has 0 unspecified atom stereocenters. The normalized spacial score (nSPS) is 11.9. The molecule has 0 N–H and O–H groups in total. The minimum atomic E-state index is -2.36. The summed E-state index contributed by atoms with van der Waals surface area (Å²) in [4.78, 5) is 0. The van der Waals surface area contributed by atoms with Crippen LogP contribution in [-0.4, -0.2) is 53.7 Å². The highest BCUT2D eigenvalue weighted by Gasteiger charge is 2.23. The maximum Gasteiger partial charge on any atom is 0.109 e. The largest absolute Gasteiger partial charge is 0.319 e. The molecule has 19 aromatic carbocycles. The number of hydrogen-bond acceptors (Lipinski definition) is 3. The lowest BCUT2D eigenvalue weighted by Gasteiger charge is -2.12. The van der Waals surface area contributed by atoms with Crippen LogP contribution in [0.2, 0.25) is 0 Å². The van der Waals surface area contributed by atoms with E-state index in [4.69, 9.17) is 0 Å². The third kappa shape index (κ3) is 15.6. The summed E-state index contributed by atoms with van der Waals surface area (Å²) in [6, 6.07) is 155. The number of rotatable bonds is 14.